The summed E-state index contributed by atoms with van der Waals surface area (Å²) in [6.45, 7) is 3.90. The summed E-state index contributed by atoms with van der Waals surface area (Å²) in [5.74, 6) is -0.315. The number of aryl methyl sites for hydroxylation is 2. The second-order valence-corrected chi connectivity index (χ2v) is 7.41. The molecule has 0 aliphatic heterocycles. The number of aromatic nitrogens is 5. The number of carbonyl (C=O) groups excluding carboxylic acids is 1. The molecule has 0 fully saturated rings. The lowest BCUT2D eigenvalue weighted by atomic mass is 10.3. The number of para-hydroxylation sites is 1. The average Bonchev–Trinajstić information content (AvgIpc) is 3.20. The molecule has 0 spiro atoms. The summed E-state index contributed by atoms with van der Waals surface area (Å²) in [4.78, 5) is 23.7. The highest BCUT2D eigenvalue weighted by molar-refractivity contribution is 7.99. The summed E-state index contributed by atoms with van der Waals surface area (Å²) in [7, 11) is 0. The normalized spacial score (nSPS) is 10.7. The quantitative estimate of drug-likeness (QED) is 0.506. The Hall–Kier alpha value is -3.52. The zero-order chi connectivity index (χ0) is 20.2. The van der Waals surface area contributed by atoms with Crippen LogP contribution in [-0.4, -0.2) is 30.9 Å². The molecule has 4 aromatic rings. The van der Waals surface area contributed by atoms with Crippen molar-refractivity contribution in [2.45, 2.75) is 23.9 Å². The maximum Gasteiger partial charge on any atom is 0.277 e. The van der Waals surface area contributed by atoms with Crippen LogP contribution < -0.4 is 5.32 Å². The first-order valence-corrected chi connectivity index (χ1v) is 9.78. The fraction of sp³-hybridized carbons (Fsp3) is 0.0952. The van der Waals surface area contributed by atoms with E-state index in [4.69, 9.17) is 0 Å². The van der Waals surface area contributed by atoms with Crippen molar-refractivity contribution in [3.63, 3.8) is 0 Å². The van der Waals surface area contributed by atoms with E-state index >= 15 is 0 Å². The molecule has 0 atom stereocenters. The van der Waals surface area contributed by atoms with E-state index < -0.39 is 0 Å². The van der Waals surface area contributed by atoms with Gasteiger partial charge in [0, 0.05) is 22.0 Å². The van der Waals surface area contributed by atoms with E-state index in [-0.39, 0.29) is 11.6 Å². The highest BCUT2D eigenvalue weighted by Gasteiger charge is 2.12. The van der Waals surface area contributed by atoms with Gasteiger partial charge in [-0.2, -0.15) is 9.90 Å². The molecule has 0 saturated carbocycles. The topological polar surface area (TPSA) is 85.6 Å². The van der Waals surface area contributed by atoms with Gasteiger partial charge in [-0.25, -0.2) is 9.97 Å². The largest absolute Gasteiger partial charge is 0.321 e. The van der Waals surface area contributed by atoms with Gasteiger partial charge in [0.2, 0.25) is 0 Å². The SMILES string of the molecule is Cc1cc(C)nc(Sc2ccc(NC(=O)c3cnn(-c4ccccc4)n3)cc2)n1. The van der Waals surface area contributed by atoms with E-state index in [1.807, 2.05) is 74.5 Å². The Kier molecular flexibility index (Phi) is 5.35. The van der Waals surface area contributed by atoms with E-state index in [0.717, 1.165) is 22.0 Å². The van der Waals surface area contributed by atoms with Gasteiger partial charge in [0.25, 0.3) is 5.91 Å². The number of hydrogen-bond donors (Lipinski definition) is 1. The molecule has 0 aliphatic rings. The average molecular weight is 402 g/mol. The van der Waals surface area contributed by atoms with E-state index in [1.54, 1.807) is 0 Å². The van der Waals surface area contributed by atoms with Crippen LogP contribution in [0.5, 0.6) is 0 Å². The third-order valence-electron chi connectivity index (χ3n) is 3.99. The van der Waals surface area contributed by atoms with Crippen molar-refractivity contribution in [2.24, 2.45) is 0 Å². The van der Waals surface area contributed by atoms with Gasteiger partial charge in [-0.15, -0.1) is 5.10 Å². The van der Waals surface area contributed by atoms with Gasteiger partial charge in [0.1, 0.15) is 0 Å². The third-order valence-corrected chi connectivity index (χ3v) is 4.87. The molecular formula is C21H18N6OS. The molecule has 29 heavy (non-hydrogen) atoms. The Morgan fingerprint density at radius 2 is 1.66 bits per heavy atom. The number of benzene rings is 2. The van der Waals surface area contributed by atoms with Gasteiger partial charge in [0.15, 0.2) is 10.9 Å². The van der Waals surface area contributed by atoms with Crippen LogP contribution >= 0.6 is 11.8 Å². The first-order chi connectivity index (χ1) is 14.1. The lowest BCUT2D eigenvalue weighted by Gasteiger charge is -2.06. The Morgan fingerprint density at radius 3 is 2.34 bits per heavy atom. The molecule has 0 bridgehead atoms. The van der Waals surface area contributed by atoms with Crippen molar-refractivity contribution < 1.29 is 4.79 Å². The van der Waals surface area contributed by atoms with Gasteiger partial charge < -0.3 is 5.32 Å². The number of anilines is 1. The number of rotatable bonds is 5. The van der Waals surface area contributed by atoms with Gasteiger partial charge in [-0.1, -0.05) is 18.2 Å². The minimum Gasteiger partial charge on any atom is -0.321 e. The molecule has 1 N–H and O–H groups in total. The van der Waals surface area contributed by atoms with Gasteiger partial charge >= 0.3 is 0 Å². The van der Waals surface area contributed by atoms with E-state index in [1.165, 1.54) is 22.8 Å². The smallest absolute Gasteiger partial charge is 0.277 e. The Bertz CT molecular complexity index is 1120. The van der Waals surface area contributed by atoms with Crippen molar-refractivity contribution in [2.75, 3.05) is 5.32 Å². The molecular weight excluding hydrogens is 384 g/mol. The molecule has 8 heteroatoms. The number of carbonyl (C=O) groups is 1. The van der Waals surface area contributed by atoms with Crippen LogP contribution in [0.3, 0.4) is 0 Å². The van der Waals surface area contributed by atoms with Crippen molar-refractivity contribution in [1.29, 1.82) is 0 Å². The van der Waals surface area contributed by atoms with Crippen LogP contribution in [0.15, 0.2) is 76.9 Å². The van der Waals surface area contributed by atoms with Crippen LogP contribution in [0.2, 0.25) is 0 Å². The first-order valence-electron chi connectivity index (χ1n) is 8.96. The fourth-order valence-corrected chi connectivity index (χ4v) is 3.56. The maximum absolute atomic E-state index is 12.5. The third kappa shape index (κ3) is 4.67. The van der Waals surface area contributed by atoms with Crippen molar-refractivity contribution in [3.8, 4) is 5.69 Å². The van der Waals surface area contributed by atoms with Crippen LogP contribution in [0.4, 0.5) is 5.69 Å². The van der Waals surface area contributed by atoms with Crippen LogP contribution in [0.25, 0.3) is 5.69 Å². The Balaban J connectivity index is 1.42. The summed E-state index contributed by atoms with van der Waals surface area (Å²) in [5.41, 5.74) is 3.59. The molecule has 4 rings (SSSR count). The van der Waals surface area contributed by atoms with Gasteiger partial charge in [-0.05, 0) is 68.1 Å². The zero-order valence-corrected chi connectivity index (χ0v) is 16.7. The van der Waals surface area contributed by atoms with Crippen molar-refractivity contribution in [1.82, 2.24) is 25.0 Å². The number of nitrogens with one attached hydrogen (secondary N) is 1. The molecule has 144 valence electrons. The van der Waals surface area contributed by atoms with E-state index in [2.05, 4.69) is 25.5 Å². The van der Waals surface area contributed by atoms with Crippen LogP contribution in [0, 0.1) is 13.8 Å². The van der Waals surface area contributed by atoms with Crippen molar-refractivity contribution in [3.05, 3.63) is 83.9 Å². The van der Waals surface area contributed by atoms with Crippen LogP contribution in [-0.2, 0) is 0 Å². The van der Waals surface area contributed by atoms with E-state index in [9.17, 15) is 4.79 Å². The minimum atomic E-state index is -0.315. The Morgan fingerprint density at radius 1 is 0.966 bits per heavy atom. The predicted molar refractivity (Wildman–Crippen MR) is 111 cm³/mol. The number of amides is 1. The highest BCUT2D eigenvalue weighted by atomic mass is 32.2. The van der Waals surface area contributed by atoms with Crippen molar-refractivity contribution >= 4 is 23.4 Å². The van der Waals surface area contributed by atoms with E-state index in [0.29, 0.717) is 10.8 Å². The zero-order valence-electron chi connectivity index (χ0n) is 15.9. The molecule has 2 aromatic carbocycles. The summed E-state index contributed by atoms with van der Waals surface area (Å²) in [6, 6.07) is 18.9. The molecule has 0 unspecified atom stereocenters. The second kappa shape index (κ2) is 8.24. The molecule has 2 heterocycles. The predicted octanol–water partition coefficient (Wildman–Crippen LogP) is 4.08. The first kappa shape index (κ1) is 18.8. The van der Waals surface area contributed by atoms with Crippen LogP contribution in [0.1, 0.15) is 21.9 Å². The summed E-state index contributed by atoms with van der Waals surface area (Å²) in [5, 5.41) is 11.9. The number of nitrogens with zero attached hydrogens (tertiary/aromatic N) is 5. The highest BCUT2D eigenvalue weighted by Crippen LogP contribution is 2.26. The lowest BCUT2D eigenvalue weighted by molar-refractivity contribution is 0.102. The monoisotopic (exact) mass is 402 g/mol. The Labute approximate surface area is 172 Å². The fourth-order valence-electron chi connectivity index (χ4n) is 2.70. The molecule has 0 aliphatic carbocycles. The molecule has 2 aromatic heterocycles. The second-order valence-electron chi connectivity index (χ2n) is 6.37. The summed E-state index contributed by atoms with van der Waals surface area (Å²) in [6.07, 6.45) is 1.45. The maximum atomic E-state index is 12.5. The number of hydrogen-bond acceptors (Lipinski definition) is 6. The molecule has 0 radical (unpaired) electrons. The minimum absolute atomic E-state index is 0.246. The summed E-state index contributed by atoms with van der Waals surface area (Å²) < 4.78 is 0. The molecule has 0 saturated heterocycles. The molecule has 7 nitrogen and oxygen atoms in total. The summed E-state index contributed by atoms with van der Waals surface area (Å²) >= 11 is 1.48. The molecule has 1 amide bonds. The van der Waals surface area contributed by atoms with Gasteiger partial charge in [-0.3, -0.25) is 4.79 Å². The lowest BCUT2D eigenvalue weighted by Crippen LogP contribution is -2.13. The van der Waals surface area contributed by atoms with Gasteiger partial charge in [0.05, 0.1) is 11.9 Å². The standard InChI is InChI=1S/C21H18N6OS/c1-14-12-15(2)24-21(23-14)29-18-10-8-16(9-11-18)25-20(28)19-13-22-27(26-19)17-6-4-3-5-7-17/h3-13H,1-2H3,(H,25,28).